The van der Waals surface area contributed by atoms with Crippen molar-refractivity contribution in [2.75, 3.05) is 11.1 Å². The Morgan fingerprint density at radius 1 is 0.719 bits per heavy atom. The second-order valence-electron chi connectivity index (χ2n) is 7.50. The molecule has 4 aromatic rings. The fourth-order valence-corrected chi connectivity index (χ4v) is 4.13. The van der Waals surface area contributed by atoms with Crippen molar-refractivity contribution >= 4 is 29.1 Å². The molecular weight excluding hydrogens is 414 g/mol. The van der Waals surface area contributed by atoms with Gasteiger partial charge in [0.2, 0.25) is 0 Å². The van der Waals surface area contributed by atoms with E-state index in [1.165, 1.54) is 11.8 Å². The van der Waals surface area contributed by atoms with Crippen molar-refractivity contribution in [3.63, 3.8) is 0 Å². The minimum absolute atomic E-state index is 0.0893. The van der Waals surface area contributed by atoms with E-state index in [0.717, 1.165) is 27.3 Å². The summed E-state index contributed by atoms with van der Waals surface area (Å²) >= 11 is 1.49. The van der Waals surface area contributed by atoms with Gasteiger partial charge in [-0.3, -0.25) is 9.59 Å². The summed E-state index contributed by atoms with van der Waals surface area (Å²) < 4.78 is 0. The summed E-state index contributed by atoms with van der Waals surface area (Å²) in [4.78, 5) is 25.9. The van der Waals surface area contributed by atoms with Crippen molar-refractivity contribution in [1.82, 2.24) is 0 Å². The van der Waals surface area contributed by atoms with Crippen LogP contribution in [0.3, 0.4) is 0 Å². The Balaban J connectivity index is 1.32. The first-order chi connectivity index (χ1) is 15.6. The molecule has 1 N–H and O–H groups in total. The lowest BCUT2D eigenvalue weighted by molar-refractivity contribution is 0.101. The fourth-order valence-electron chi connectivity index (χ4n) is 3.34. The molecular formula is C28H23NO2S. The van der Waals surface area contributed by atoms with Gasteiger partial charge in [0.25, 0.3) is 5.91 Å². The van der Waals surface area contributed by atoms with E-state index in [4.69, 9.17) is 0 Å². The van der Waals surface area contributed by atoms with Crippen LogP contribution in [0, 0.1) is 6.92 Å². The van der Waals surface area contributed by atoms with Gasteiger partial charge in [-0.1, -0.05) is 72.3 Å². The van der Waals surface area contributed by atoms with E-state index in [0.29, 0.717) is 16.9 Å². The quantitative estimate of drug-likeness (QED) is 0.253. The first-order valence-electron chi connectivity index (χ1n) is 10.4. The Morgan fingerprint density at radius 2 is 1.41 bits per heavy atom. The van der Waals surface area contributed by atoms with E-state index in [1.807, 2.05) is 91.9 Å². The molecule has 0 fully saturated rings. The van der Waals surface area contributed by atoms with E-state index in [1.54, 1.807) is 6.07 Å². The van der Waals surface area contributed by atoms with Crippen LogP contribution < -0.4 is 5.32 Å². The number of carbonyl (C=O) groups excluding carboxylic acids is 2. The third-order valence-electron chi connectivity index (χ3n) is 5.08. The molecule has 0 saturated carbocycles. The van der Waals surface area contributed by atoms with Crippen molar-refractivity contribution in [1.29, 1.82) is 0 Å². The molecule has 0 aliphatic rings. The number of hydrogen-bond acceptors (Lipinski definition) is 3. The SMILES string of the molecule is Cc1cccc(C(=O)Nc2ccc(SCC(=O)c3ccc(-c4ccccc4)cc3)cc2)c1. The van der Waals surface area contributed by atoms with Crippen LogP contribution in [0.4, 0.5) is 5.69 Å². The number of anilines is 1. The molecule has 0 spiro atoms. The molecule has 0 aliphatic carbocycles. The number of benzene rings is 4. The summed E-state index contributed by atoms with van der Waals surface area (Å²) in [6.07, 6.45) is 0. The summed E-state index contributed by atoms with van der Waals surface area (Å²) in [5.41, 5.74) is 5.34. The van der Waals surface area contributed by atoms with Gasteiger partial charge in [0, 0.05) is 21.7 Å². The van der Waals surface area contributed by atoms with Crippen LogP contribution in [-0.2, 0) is 0 Å². The van der Waals surface area contributed by atoms with E-state index in [9.17, 15) is 9.59 Å². The predicted octanol–water partition coefficient (Wildman–Crippen LogP) is 6.89. The van der Waals surface area contributed by atoms with E-state index >= 15 is 0 Å². The summed E-state index contributed by atoms with van der Waals surface area (Å²) in [5, 5.41) is 2.91. The van der Waals surface area contributed by atoms with Gasteiger partial charge >= 0.3 is 0 Å². The second-order valence-corrected chi connectivity index (χ2v) is 8.55. The zero-order valence-corrected chi connectivity index (χ0v) is 18.6. The third-order valence-corrected chi connectivity index (χ3v) is 6.09. The lowest BCUT2D eigenvalue weighted by Gasteiger charge is -2.07. The molecule has 0 unspecified atom stereocenters. The fraction of sp³-hybridized carbons (Fsp3) is 0.0714. The van der Waals surface area contributed by atoms with Crippen LogP contribution in [0.5, 0.6) is 0 Å². The zero-order chi connectivity index (χ0) is 22.3. The molecule has 4 aromatic carbocycles. The number of hydrogen-bond donors (Lipinski definition) is 1. The molecule has 0 aromatic heterocycles. The summed E-state index contributed by atoms with van der Waals surface area (Å²) in [6, 6.07) is 32.9. The van der Waals surface area contributed by atoms with Gasteiger partial charge in [0.1, 0.15) is 0 Å². The number of Topliss-reactive ketones (excluding diaryl/α,β-unsaturated/α-hetero) is 1. The molecule has 0 radical (unpaired) electrons. The van der Waals surface area contributed by atoms with Gasteiger partial charge in [-0.05, 0) is 54.4 Å². The molecule has 0 bridgehead atoms. The van der Waals surface area contributed by atoms with E-state index in [2.05, 4.69) is 17.4 Å². The molecule has 3 nitrogen and oxygen atoms in total. The summed E-state index contributed by atoms with van der Waals surface area (Å²) in [5.74, 6) is 0.314. The Hall–Kier alpha value is -3.63. The minimum atomic E-state index is -0.136. The average molecular weight is 438 g/mol. The topological polar surface area (TPSA) is 46.2 Å². The van der Waals surface area contributed by atoms with Crippen molar-refractivity contribution in [3.8, 4) is 11.1 Å². The third kappa shape index (κ3) is 5.54. The zero-order valence-electron chi connectivity index (χ0n) is 17.7. The molecule has 1 amide bonds. The number of nitrogens with one attached hydrogen (secondary N) is 1. The number of aryl methyl sites for hydroxylation is 1. The number of rotatable bonds is 7. The highest BCUT2D eigenvalue weighted by Gasteiger charge is 2.09. The first kappa shape index (κ1) is 21.6. The maximum Gasteiger partial charge on any atom is 0.255 e. The number of amides is 1. The van der Waals surface area contributed by atoms with Crippen LogP contribution in [0.25, 0.3) is 11.1 Å². The molecule has 4 heteroatoms. The Labute approximate surface area is 192 Å². The van der Waals surface area contributed by atoms with Gasteiger partial charge in [0.15, 0.2) is 5.78 Å². The number of carbonyl (C=O) groups is 2. The van der Waals surface area contributed by atoms with Crippen LogP contribution in [-0.4, -0.2) is 17.4 Å². The van der Waals surface area contributed by atoms with Crippen LogP contribution in [0.1, 0.15) is 26.3 Å². The van der Waals surface area contributed by atoms with Gasteiger partial charge in [-0.2, -0.15) is 0 Å². The Bertz CT molecular complexity index is 1220. The van der Waals surface area contributed by atoms with Crippen LogP contribution in [0.15, 0.2) is 108 Å². The Kier molecular flexibility index (Phi) is 6.83. The van der Waals surface area contributed by atoms with Gasteiger partial charge in [0.05, 0.1) is 5.75 Å². The van der Waals surface area contributed by atoms with Gasteiger partial charge < -0.3 is 5.32 Å². The molecule has 158 valence electrons. The molecule has 0 saturated heterocycles. The molecule has 0 aliphatic heterocycles. The van der Waals surface area contributed by atoms with E-state index in [-0.39, 0.29) is 11.7 Å². The predicted molar refractivity (Wildman–Crippen MR) is 133 cm³/mol. The Morgan fingerprint density at radius 3 is 2.09 bits per heavy atom. The highest BCUT2D eigenvalue weighted by molar-refractivity contribution is 8.00. The number of ketones is 1. The monoisotopic (exact) mass is 437 g/mol. The van der Waals surface area contributed by atoms with Gasteiger partial charge in [-0.15, -0.1) is 11.8 Å². The first-order valence-corrected chi connectivity index (χ1v) is 11.4. The largest absolute Gasteiger partial charge is 0.322 e. The van der Waals surface area contributed by atoms with Gasteiger partial charge in [-0.25, -0.2) is 0 Å². The van der Waals surface area contributed by atoms with Crippen molar-refractivity contribution in [2.45, 2.75) is 11.8 Å². The summed E-state index contributed by atoms with van der Waals surface area (Å²) in [7, 11) is 0. The normalized spacial score (nSPS) is 10.5. The maximum atomic E-state index is 12.6. The highest BCUT2D eigenvalue weighted by atomic mass is 32.2. The average Bonchev–Trinajstić information content (AvgIpc) is 2.84. The molecule has 0 atom stereocenters. The van der Waals surface area contributed by atoms with Crippen molar-refractivity contribution in [3.05, 3.63) is 120 Å². The lowest BCUT2D eigenvalue weighted by atomic mass is 10.0. The molecule has 0 heterocycles. The lowest BCUT2D eigenvalue weighted by Crippen LogP contribution is -2.11. The standard InChI is InChI=1S/C28H23NO2S/c1-20-6-5-9-24(18-20)28(31)29-25-14-16-26(17-15-25)32-19-27(30)23-12-10-22(11-13-23)21-7-3-2-4-8-21/h2-18H,19H2,1H3,(H,29,31). The molecule has 32 heavy (non-hydrogen) atoms. The smallest absolute Gasteiger partial charge is 0.255 e. The van der Waals surface area contributed by atoms with Crippen LogP contribution >= 0.6 is 11.8 Å². The summed E-state index contributed by atoms with van der Waals surface area (Å²) in [6.45, 7) is 1.96. The maximum absolute atomic E-state index is 12.6. The number of thioether (sulfide) groups is 1. The van der Waals surface area contributed by atoms with E-state index < -0.39 is 0 Å². The molecule has 4 rings (SSSR count). The highest BCUT2D eigenvalue weighted by Crippen LogP contribution is 2.23. The van der Waals surface area contributed by atoms with Crippen LogP contribution in [0.2, 0.25) is 0 Å². The van der Waals surface area contributed by atoms with Crippen molar-refractivity contribution < 1.29 is 9.59 Å². The van der Waals surface area contributed by atoms with Crippen molar-refractivity contribution in [2.24, 2.45) is 0 Å². The second kappa shape index (κ2) is 10.1. The minimum Gasteiger partial charge on any atom is -0.322 e.